The van der Waals surface area contributed by atoms with Gasteiger partial charge in [-0.1, -0.05) is 27.7 Å². The number of nitrogens with zero attached hydrogens (tertiary/aromatic N) is 3. The zero-order valence-corrected chi connectivity index (χ0v) is 26.8. The summed E-state index contributed by atoms with van der Waals surface area (Å²) in [4.78, 5) is 88.2. The van der Waals surface area contributed by atoms with Crippen LogP contribution in [-0.2, 0) is 24.0 Å². The number of carbonyl (C=O) groups excluding carboxylic acids is 6. The number of halogens is 3. The number of amides is 5. The van der Waals surface area contributed by atoms with Crippen LogP contribution in [0.2, 0.25) is 0 Å². The van der Waals surface area contributed by atoms with E-state index in [-0.39, 0.29) is 31.1 Å². The molecule has 258 valence electrons. The molecule has 1 aliphatic heterocycles. The smallest absolute Gasteiger partial charge is 0.289 e. The molecule has 2 saturated carbocycles. The number of aromatic nitrogens is 2. The van der Waals surface area contributed by atoms with E-state index < -0.39 is 102 Å². The molecular weight excluding hydrogens is 623 g/mol. The first-order valence-electron chi connectivity index (χ1n) is 15.9. The van der Waals surface area contributed by atoms with Gasteiger partial charge in [0.05, 0.1) is 6.20 Å². The number of alkyl halides is 3. The molecule has 0 radical (unpaired) electrons. The molecule has 1 aromatic heterocycles. The van der Waals surface area contributed by atoms with Crippen molar-refractivity contribution in [2.24, 2.45) is 23.7 Å². The van der Waals surface area contributed by atoms with Crippen molar-refractivity contribution in [2.75, 3.05) is 6.54 Å². The molecular formula is C31H42F3N7O6. The molecule has 3 aliphatic rings. The van der Waals surface area contributed by atoms with Gasteiger partial charge in [-0.3, -0.25) is 33.8 Å². The molecule has 4 rings (SSSR count). The minimum atomic E-state index is -3.03. The van der Waals surface area contributed by atoms with Gasteiger partial charge in [-0.25, -0.2) is 18.2 Å². The number of carbonyl (C=O) groups is 6. The maximum atomic E-state index is 15.0. The molecule has 0 aromatic carbocycles. The lowest BCUT2D eigenvalue weighted by Gasteiger charge is -2.33. The fourth-order valence-corrected chi connectivity index (χ4v) is 6.24. The number of rotatable bonds is 14. The summed E-state index contributed by atoms with van der Waals surface area (Å²) in [5, 5.41) is 9.98. The van der Waals surface area contributed by atoms with E-state index in [1.165, 1.54) is 18.6 Å². The predicted octanol–water partition coefficient (Wildman–Crippen LogP) is 0.935. The summed E-state index contributed by atoms with van der Waals surface area (Å²) in [7, 11) is 0. The SMILES string of the molecule is CC(C)[C@H](NC(=O)[C@H](NC(=O)c1cnccn1)C(C)C)C(=O)N1CC2C(F)CC[C@@H]2C1C(=O)NC(CC(F)F)C(=O)C(=O)NC1CC1. The molecule has 4 unspecified atom stereocenters. The zero-order valence-electron chi connectivity index (χ0n) is 26.8. The molecule has 2 aliphatic carbocycles. The van der Waals surface area contributed by atoms with Crippen LogP contribution in [0.25, 0.3) is 0 Å². The summed E-state index contributed by atoms with van der Waals surface area (Å²) in [6.07, 6.45) is 0.123. The van der Waals surface area contributed by atoms with Gasteiger partial charge in [0, 0.05) is 37.3 Å². The highest BCUT2D eigenvalue weighted by Crippen LogP contribution is 2.44. The van der Waals surface area contributed by atoms with Gasteiger partial charge in [0.1, 0.15) is 36.0 Å². The number of likely N-dealkylation sites (tertiary alicyclic amines) is 1. The standard InChI is InChI=1S/C31H42F3N7O6/c1-14(2)23(39-27(43)21-12-35-9-10-36-21)28(44)40-24(15(3)4)31(47)41-13-18-17(7-8-19(18)32)25(41)29(45)38-20(11-22(33)34)26(42)30(46)37-16-5-6-16/h9-10,12,14-20,22-25H,5-8,11,13H2,1-4H3,(H,37,46)(H,38,45)(H,39,43)(H,40,44)/t17-,18?,19?,20?,23+,24-,25?/m0/s1. The molecule has 3 fully saturated rings. The highest BCUT2D eigenvalue weighted by atomic mass is 19.3. The highest BCUT2D eigenvalue weighted by molar-refractivity contribution is 6.38. The van der Waals surface area contributed by atoms with Crippen molar-refractivity contribution in [3.63, 3.8) is 0 Å². The van der Waals surface area contributed by atoms with Crippen molar-refractivity contribution in [2.45, 2.75) is 103 Å². The molecule has 1 saturated heterocycles. The Labute approximate surface area is 270 Å². The maximum Gasteiger partial charge on any atom is 0.289 e. The van der Waals surface area contributed by atoms with Crippen LogP contribution in [0.15, 0.2) is 18.6 Å². The van der Waals surface area contributed by atoms with Crippen molar-refractivity contribution in [1.82, 2.24) is 36.1 Å². The second-order valence-electron chi connectivity index (χ2n) is 13.2. The third-order valence-electron chi connectivity index (χ3n) is 8.94. The van der Waals surface area contributed by atoms with Crippen LogP contribution in [0.3, 0.4) is 0 Å². The highest BCUT2D eigenvalue weighted by Gasteiger charge is 2.55. The molecule has 0 spiro atoms. The van der Waals surface area contributed by atoms with E-state index in [9.17, 15) is 41.9 Å². The average Bonchev–Trinajstić information content (AvgIpc) is 3.64. The molecule has 47 heavy (non-hydrogen) atoms. The predicted molar refractivity (Wildman–Crippen MR) is 160 cm³/mol. The number of hydrogen-bond acceptors (Lipinski definition) is 8. The lowest BCUT2D eigenvalue weighted by molar-refractivity contribution is -0.145. The fraction of sp³-hybridized carbons (Fsp3) is 0.677. The van der Waals surface area contributed by atoms with Gasteiger partial charge in [-0.2, -0.15) is 0 Å². The Morgan fingerprint density at radius 3 is 2.15 bits per heavy atom. The lowest BCUT2D eigenvalue weighted by Crippen LogP contribution is -2.60. The quantitative estimate of drug-likeness (QED) is 0.212. The minimum absolute atomic E-state index is 0.0191. The van der Waals surface area contributed by atoms with Crippen LogP contribution >= 0.6 is 0 Å². The normalized spacial score (nSPS) is 24.0. The molecule has 4 N–H and O–H groups in total. The Kier molecular flexibility index (Phi) is 11.6. The van der Waals surface area contributed by atoms with E-state index in [0.717, 1.165) is 4.90 Å². The Bertz CT molecular complexity index is 1350. The molecule has 13 nitrogen and oxygen atoms in total. The van der Waals surface area contributed by atoms with E-state index in [1.807, 2.05) is 0 Å². The van der Waals surface area contributed by atoms with E-state index in [4.69, 9.17) is 0 Å². The first kappa shape index (κ1) is 35.7. The summed E-state index contributed by atoms with van der Waals surface area (Å²) in [5.41, 5.74) is -0.0191. The van der Waals surface area contributed by atoms with Crippen LogP contribution in [0.5, 0.6) is 0 Å². The largest absolute Gasteiger partial charge is 0.347 e. The van der Waals surface area contributed by atoms with Crippen molar-refractivity contribution in [3.8, 4) is 0 Å². The van der Waals surface area contributed by atoms with Gasteiger partial charge in [0.15, 0.2) is 0 Å². The van der Waals surface area contributed by atoms with Gasteiger partial charge in [-0.15, -0.1) is 0 Å². The Hall–Kier alpha value is -4.11. The Balaban J connectivity index is 1.54. The van der Waals surface area contributed by atoms with Crippen molar-refractivity contribution >= 4 is 35.3 Å². The second-order valence-corrected chi connectivity index (χ2v) is 13.2. The van der Waals surface area contributed by atoms with E-state index in [0.29, 0.717) is 12.8 Å². The monoisotopic (exact) mass is 665 g/mol. The van der Waals surface area contributed by atoms with E-state index in [2.05, 4.69) is 31.2 Å². The molecule has 2 heterocycles. The van der Waals surface area contributed by atoms with Crippen molar-refractivity contribution in [1.29, 1.82) is 0 Å². The van der Waals surface area contributed by atoms with E-state index in [1.54, 1.807) is 27.7 Å². The third kappa shape index (κ3) is 8.63. The number of ketones is 1. The number of fused-ring (bicyclic) bond motifs is 1. The van der Waals surface area contributed by atoms with Crippen LogP contribution in [0, 0.1) is 23.7 Å². The number of hydrogen-bond donors (Lipinski definition) is 4. The molecule has 0 bridgehead atoms. The number of Topliss-reactive ketones (excluding diaryl/α,β-unsaturated/α-hetero) is 1. The van der Waals surface area contributed by atoms with Crippen molar-refractivity contribution < 1.29 is 41.9 Å². The Morgan fingerprint density at radius 2 is 1.57 bits per heavy atom. The summed E-state index contributed by atoms with van der Waals surface area (Å²) < 4.78 is 41.9. The molecule has 1 aromatic rings. The fourth-order valence-electron chi connectivity index (χ4n) is 6.24. The van der Waals surface area contributed by atoms with Gasteiger partial charge in [0.25, 0.3) is 11.8 Å². The van der Waals surface area contributed by atoms with Crippen LogP contribution < -0.4 is 21.3 Å². The first-order valence-corrected chi connectivity index (χ1v) is 15.9. The van der Waals surface area contributed by atoms with Crippen molar-refractivity contribution in [3.05, 3.63) is 24.3 Å². The van der Waals surface area contributed by atoms with Crippen LogP contribution in [-0.4, -0.2) is 99.5 Å². The molecule has 7 atom stereocenters. The zero-order chi connectivity index (χ0) is 34.6. The number of nitrogens with one attached hydrogen (secondary N) is 4. The third-order valence-corrected chi connectivity index (χ3v) is 8.94. The summed E-state index contributed by atoms with van der Waals surface area (Å²) in [6, 6.07) is -5.72. The van der Waals surface area contributed by atoms with Gasteiger partial charge < -0.3 is 26.2 Å². The Morgan fingerprint density at radius 1 is 0.894 bits per heavy atom. The van der Waals surface area contributed by atoms with Crippen LogP contribution in [0.4, 0.5) is 13.2 Å². The van der Waals surface area contributed by atoms with Gasteiger partial charge in [-0.05, 0) is 43.4 Å². The maximum absolute atomic E-state index is 15.0. The molecule has 5 amide bonds. The topological polar surface area (TPSA) is 180 Å². The van der Waals surface area contributed by atoms with Gasteiger partial charge >= 0.3 is 0 Å². The average molecular weight is 666 g/mol. The summed E-state index contributed by atoms with van der Waals surface area (Å²) in [5.74, 6) is -7.67. The summed E-state index contributed by atoms with van der Waals surface area (Å²) in [6.45, 7) is 6.53. The first-order chi connectivity index (χ1) is 22.2. The summed E-state index contributed by atoms with van der Waals surface area (Å²) >= 11 is 0. The van der Waals surface area contributed by atoms with Gasteiger partial charge in [0.2, 0.25) is 29.9 Å². The van der Waals surface area contributed by atoms with E-state index >= 15 is 0 Å². The lowest BCUT2D eigenvalue weighted by atomic mass is 9.92. The molecule has 16 heteroatoms. The minimum Gasteiger partial charge on any atom is -0.347 e. The second kappa shape index (κ2) is 15.2. The van der Waals surface area contributed by atoms with Crippen LogP contribution in [0.1, 0.15) is 70.3 Å².